The average molecular weight is 265 g/mol. The largest absolute Gasteiger partial charge is 0.338 e. The number of likely N-dealkylation sites (N-methyl/N-ethyl adjacent to an activating group) is 2. The van der Waals surface area contributed by atoms with Crippen LogP contribution in [-0.4, -0.2) is 65.8 Å². The quantitative estimate of drug-likeness (QED) is 0.815. The Morgan fingerprint density at radius 2 is 2.16 bits per heavy atom. The molecule has 0 spiro atoms. The Morgan fingerprint density at radius 3 is 2.95 bits per heavy atom. The minimum atomic E-state index is 0.487. The third kappa shape index (κ3) is 3.52. The lowest BCUT2D eigenvalue weighted by Crippen LogP contribution is -2.50. The molecule has 0 bridgehead atoms. The van der Waals surface area contributed by atoms with Crippen LogP contribution < -0.4 is 5.32 Å². The van der Waals surface area contributed by atoms with Gasteiger partial charge in [-0.15, -0.1) is 0 Å². The van der Waals surface area contributed by atoms with Crippen molar-refractivity contribution >= 4 is 0 Å². The third-order valence-corrected chi connectivity index (χ3v) is 4.03. The molecule has 1 aliphatic heterocycles. The first-order valence-corrected chi connectivity index (χ1v) is 7.14. The zero-order valence-corrected chi connectivity index (χ0v) is 11.8. The van der Waals surface area contributed by atoms with Crippen LogP contribution in [0.2, 0.25) is 0 Å². The molecule has 2 aliphatic rings. The lowest BCUT2D eigenvalue weighted by Gasteiger charge is -2.37. The molecule has 1 saturated heterocycles. The molecule has 1 saturated carbocycles. The molecule has 1 aliphatic carbocycles. The van der Waals surface area contributed by atoms with Crippen molar-refractivity contribution in [3.8, 4) is 0 Å². The Bertz CT molecular complexity index is 417. The van der Waals surface area contributed by atoms with Crippen LogP contribution >= 0.6 is 0 Å². The van der Waals surface area contributed by atoms with E-state index in [0.717, 1.165) is 31.9 Å². The number of piperazine rings is 1. The van der Waals surface area contributed by atoms with Gasteiger partial charge in [0.1, 0.15) is 0 Å². The fourth-order valence-electron chi connectivity index (χ4n) is 2.50. The molecule has 106 valence electrons. The summed E-state index contributed by atoms with van der Waals surface area (Å²) in [6.45, 7) is 4.02. The van der Waals surface area contributed by atoms with Gasteiger partial charge in [-0.2, -0.15) is 4.98 Å². The molecule has 19 heavy (non-hydrogen) atoms. The van der Waals surface area contributed by atoms with E-state index in [1.165, 1.54) is 12.8 Å². The minimum Gasteiger partial charge on any atom is -0.338 e. The third-order valence-electron chi connectivity index (χ3n) is 4.03. The van der Waals surface area contributed by atoms with Crippen LogP contribution in [0.3, 0.4) is 0 Å². The fraction of sp³-hybridized carbons (Fsp3) is 0.846. The van der Waals surface area contributed by atoms with Gasteiger partial charge in [0.25, 0.3) is 0 Å². The molecule has 1 atom stereocenters. The predicted molar refractivity (Wildman–Crippen MR) is 71.8 cm³/mol. The smallest absolute Gasteiger partial charge is 0.240 e. The van der Waals surface area contributed by atoms with Gasteiger partial charge in [-0.3, -0.25) is 0 Å². The van der Waals surface area contributed by atoms with E-state index in [9.17, 15) is 0 Å². The van der Waals surface area contributed by atoms with Gasteiger partial charge >= 0.3 is 0 Å². The van der Waals surface area contributed by atoms with Crippen LogP contribution in [0.1, 0.15) is 24.6 Å². The van der Waals surface area contributed by atoms with Gasteiger partial charge in [0.15, 0.2) is 5.82 Å². The summed E-state index contributed by atoms with van der Waals surface area (Å²) in [5.41, 5.74) is 0. The van der Waals surface area contributed by atoms with Crippen LogP contribution in [0, 0.1) is 0 Å². The highest BCUT2D eigenvalue weighted by molar-refractivity contribution is 4.94. The van der Waals surface area contributed by atoms with Crippen molar-refractivity contribution in [1.29, 1.82) is 0 Å². The summed E-state index contributed by atoms with van der Waals surface area (Å²) in [5.74, 6) is 1.55. The number of hydrogen-bond donors (Lipinski definition) is 1. The number of nitrogens with one attached hydrogen (secondary N) is 1. The first-order chi connectivity index (χ1) is 9.20. The summed E-state index contributed by atoms with van der Waals surface area (Å²) in [6, 6.07) is 1.16. The fourth-order valence-corrected chi connectivity index (χ4v) is 2.50. The lowest BCUT2D eigenvalue weighted by molar-refractivity contribution is 0.113. The maximum atomic E-state index is 5.29. The molecule has 2 fully saturated rings. The minimum absolute atomic E-state index is 0.487. The van der Waals surface area contributed by atoms with Gasteiger partial charge in [0.2, 0.25) is 5.89 Å². The van der Waals surface area contributed by atoms with Gasteiger partial charge in [-0.05, 0) is 26.9 Å². The molecule has 1 unspecified atom stereocenters. The van der Waals surface area contributed by atoms with Crippen molar-refractivity contribution in [2.75, 3.05) is 33.7 Å². The Labute approximate surface area is 114 Å². The first kappa shape index (κ1) is 13.0. The Hall–Kier alpha value is -0.980. The van der Waals surface area contributed by atoms with Crippen LogP contribution in [0.25, 0.3) is 0 Å². The number of rotatable bonds is 5. The van der Waals surface area contributed by atoms with Crippen molar-refractivity contribution in [2.24, 2.45) is 0 Å². The van der Waals surface area contributed by atoms with Gasteiger partial charge in [0.05, 0.1) is 6.54 Å². The summed E-state index contributed by atoms with van der Waals surface area (Å²) < 4.78 is 5.29. The maximum absolute atomic E-state index is 5.29. The Kier molecular flexibility index (Phi) is 3.81. The standard InChI is InChI=1S/C13H23N5O/c1-17-5-6-18(2)11(9-17)7-12-15-13(19-16-12)8-14-10-3-4-10/h10-11,14H,3-9H2,1-2H3. The van der Waals surface area contributed by atoms with E-state index in [4.69, 9.17) is 4.52 Å². The highest BCUT2D eigenvalue weighted by atomic mass is 16.5. The molecule has 1 aromatic heterocycles. The lowest BCUT2D eigenvalue weighted by atomic mass is 10.1. The van der Waals surface area contributed by atoms with Crippen LogP contribution in [0.4, 0.5) is 0 Å². The Balaban J connectivity index is 1.53. The van der Waals surface area contributed by atoms with Crippen molar-refractivity contribution < 1.29 is 4.52 Å². The summed E-state index contributed by atoms with van der Waals surface area (Å²) in [4.78, 5) is 9.23. The number of aromatic nitrogens is 2. The molecule has 1 N–H and O–H groups in total. The highest BCUT2D eigenvalue weighted by Gasteiger charge is 2.25. The topological polar surface area (TPSA) is 57.4 Å². The molecule has 0 radical (unpaired) electrons. The molecular weight excluding hydrogens is 242 g/mol. The first-order valence-electron chi connectivity index (χ1n) is 7.14. The monoisotopic (exact) mass is 265 g/mol. The van der Waals surface area contributed by atoms with E-state index in [1.807, 2.05) is 0 Å². The van der Waals surface area contributed by atoms with E-state index in [2.05, 4.69) is 39.4 Å². The molecule has 0 amide bonds. The summed E-state index contributed by atoms with van der Waals surface area (Å²) in [5, 5.41) is 7.49. The summed E-state index contributed by atoms with van der Waals surface area (Å²) >= 11 is 0. The molecule has 6 nitrogen and oxygen atoms in total. The van der Waals surface area contributed by atoms with Crippen molar-refractivity contribution in [3.05, 3.63) is 11.7 Å². The SMILES string of the molecule is CN1CCN(C)C(Cc2noc(CNC3CC3)n2)C1. The van der Waals surface area contributed by atoms with E-state index in [-0.39, 0.29) is 0 Å². The van der Waals surface area contributed by atoms with E-state index in [1.54, 1.807) is 0 Å². The Morgan fingerprint density at radius 1 is 1.32 bits per heavy atom. The molecular formula is C13H23N5O. The van der Waals surface area contributed by atoms with Crippen molar-refractivity contribution in [2.45, 2.75) is 37.9 Å². The predicted octanol–water partition coefficient (Wildman–Crippen LogP) is 0.110. The molecule has 6 heteroatoms. The van der Waals surface area contributed by atoms with Gasteiger partial charge in [0, 0.05) is 38.1 Å². The average Bonchev–Trinajstić information content (AvgIpc) is 3.12. The number of hydrogen-bond acceptors (Lipinski definition) is 6. The van der Waals surface area contributed by atoms with Crippen LogP contribution in [-0.2, 0) is 13.0 Å². The van der Waals surface area contributed by atoms with E-state index >= 15 is 0 Å². The zero-order valence-electron chi connectivity index (χ0n) is 11.8. The van der Waals surface area contributed by atoms with Gasteiger partial charge in [-0.25, -0.2) is 0 Å². The summed E-state index contributed by atoms with van der Waals surface area (Å²) in [7, 11) is 4.34. The molecule has 1 aromatic rings. The molecule has 2 heterocycles. The number of nitrogens with zero attached hydrogens (tertiary/aromatic N) is 4. The normalized spacial score (nSPS) is 25.9. The molecule has 0 aromatic carbocycles. The van der Waals surface area contributed by atoms with Crippen molar-refractivity contribution in [1.82, 2.24) is 25.3 Å². The second-order valence-electron chi connectivity index (χ2n) is 5.86. The van der Waals surface area contributed by atoms with E-state index in [0.29, 0.717) is 24.5 Å². The molecule has 3 rings (SSSR count). The second-order valence-corrected chi connectivity index (χ2v) is 5.86. The van der Waals surface area contributed by atoms with Crippen molar-refractivity contribution in [3.63, 3.8) is 0 Å². The zero-order chi connectivity index (χ0) is 13.2. The van der Waals surface area contributed by atoms with Crippen LogP contribution in [0.5, 0.6) is 0 Å². The van der Waals surface area contributed by atoms with E-state index < -0.39 is 0 Å². The summed E-state index contributed by atoms with van der Waals surface area (Å²) in [6.07, 6.45) is 3.42. The van der Waals surface area contributed by atoms with Crippen LogP contribution in [0.15, 0.2) is 4.52 Å². The second kappa shape index (κ2) is 5.56. The highest BCUT2D eigenvalue weighted by Crippen LogP contribution is 2.19. The maximum Gasteiger partial charge on any atom is 0.240 e. The van der Waals surface area contributed by atoms with Gasteiger partial charge < -0.3 is 19.6 Å². The van der Waals surface area contributed by atoms with Gasteiger partial charge in [-0.1, -0.05) is 5.16 Å².